The van der Waals surface area contributed by atoms with Gasteiger partial charge in [0.2, 0.25) is 0 Å². The van der Waals surface area contributed by atoms with E-state index in [9.17, 15) is 0 Å². The summed E-state index contributed by atoms with van der Waals surface area (Å²) in [5, 5.41) is 6.54. The molecule has 3 aromatic rings. The first kappa shape index (κ1) is 15.1. The molecular formula is C17H17N3S2. The number of aryl methyl sites for hydroxylation is 2. The van der Waals surface area contributed by atoms with Crippen LogP contribution in [0.1, 0.15) is 16.7 Å². The zero-order valence-corrected chi connectivity index (χ0v) is 14.4. The van der Waals surface area contributed by atoms with Gasteiger partial charge in [0.05, 0.1) is 10.2 Å². The fourth-order valence-corrected chi connectivity index (χ4v) is 4.04. The van der Waals surface area contributed by atoms with Crippen molar-refractivity contribution < 1.29 is 0 Å². The molecule has 0 amide bonds. The summed E-state index contributed by atoms with van der Waals surface area (Å²) in [6.45, 7) is 8.38. The van der Waals surface area contributed by atoms with Crippen LogP contribution in [0.2, 0.25) is 0 Å². The van der Waals surface area contributed by atoms with Gasteiger partial charge in [-0.05, 0) is 37.3 Å². The molecule has 0 aliphatic heterocycles. The second-order valence-corrected chi connectivity index (χ2v) is 6.81. The third-order valence-corrected chi connectivity index (χ3v) is 5.32. The number of hydrogen-bond donors (Lipinski definition) is 1. The van der Waals surface area contributed by atoms with Crippen molar-refractivity contribution in [2.75, 3.05) is 11.6 Å². The summed E-state index contributed by atoms with van der Waals surface area (Å²) in [7, 11) is 0. The van der Waals surface area contributed by atoms with Gasteiger partial charge in [0, 0.05) is 22.3 Å². The second-order valence-electron chi connectivity index (χ2n) is 5.13. The minimum atomic E-state index is 0.866. The number of fused-ring (bicyclic) bond motifs is 1. The molecule has 0 radical (unpaired) electrons. The van der Waals surface area contributed by atoms with Gasteiger partial charge >= 0.3 is 0 Å². The molecule has 0 saturated carbocycles. The zero-order chi connectivity index (χ0) is 15.7. The van der Waals surface area contributed by atoms with Crippen LogP contribution in [0.25, 0.3) is 15.9 Å². The van der Waals surface area contributed by atoms with Gasteiger partial charge in [0.25, 0.3) is 0 Å². The second kappa shape index (κ2) is 6.10. The lowest BCUT2D eigenvalue weighted by atomic mass is 10.1. The van der Waals surface area contributed by atoms with Gasteiger partial charge in [-0.2, -0.15) is 0 Å². The fraction of sp³-hybridized carbons (Fsp3) is 0.176. The van der Waals surface area contributed by atoms with Crippen molar-refractivity contribution >= 4 is 44.7 Å². The van der Waals surface area contributed by atoms with Gasteiger partial charge in [-0.25, -0.2) is 9.97 Å². The van der Waals surface area contributed by atoms with Crippen LogP contribution in [-0.4, -0.2) is 16.2 Å². The van der Waals surface area contributed by atoms with E-state index in [0.29, 0.717) is 0 Å². The Bertz CT molecular complexity index is 852. The molecule has 0 saturated heterocycles. The number of thioether (sulfide) groups is 1. The van der Waals surface area contributed by atoms with Crippen molar-refractivity contribution in [1.82, 2.24) is 9.97 Å². The molecule has 0 aliphatic rings. The highest BCUT2D eigenvalue weighted by atomic mass is 32.2. The third kappa shape index (κ3) is 2.74. The van der Waals surface area contributed by atoms with Crippen LogP contribution >= 0.6 is 23.1 Å². The first-order valence-corrected chi connectivity index (χ1v) is 9.00. The minimum absolute atomic E-state index is 0.866. The Hall–Kier alpha value is -1.85. The van der Waals surface area contributed by atoms with Crippen molar-refractivity contribution in [3.8, 4) is 0 Å². The Morgan fingerprint density at radius 2 is 2.09 bits per heavy atom. The molecule has 0 bridgehead atoms. The Balaban J connectivity index is 1.97. The Morgan fingerprint density at radius 1 is 1.27 bits per heavy atom. The molecule has 1 aromatic carbocycles. The normalized spacial score (nSPS) is 10.9. The van der Waals surface area contributed by atoms with Gasteiger partial charge < -0.3 is 5.32 Å². The van der Waals surface area contributed by atoms with E-state index in [1.54, 1.807) is 29.4 Å². The maximum atomic E-state index is 4.44. The van der Waals surface area contributed by atoms with E-state index in [1.165, 1.54) is 11.1 Å². The number of nitrogens with zero attached hydrogens (tertiary/aromatic N) is 2. The molecule has 2 aromatic heterocycles. The summed E-state index contributed by atoms with van der Waals surface area (Å²) in [5.41, 5.74) is 6.38. The number of rotatable bonds is 4. The summed E-state index contributed by atoms with van der Waals surface area (Å²) in [5.74, 6) is 0. The zero-order valence-electron chi connectivity index (χ0n) is 12.8. The lowest BCUT2D eigenvalue weighted by Gasteiger charge is -2.12. The highest BCUT2D eigenvalue weighted by Gasteiger charge is 2.13. The first-order valence-electron chi connectivity index (χ1n) is 6.90. The molecule has 0 fully saturated rings. The summed E-state index contributed by atoms with van der Waals surface area (Å²) in [4.78, 5) is 8.76. The maximum absolute atomic E-state index is 4.44. The van der Waals surface area contributed by atoms with Crippen LogP contribution < -0.4 is 5.32 Å². The number of benzene rings is 1. The van der Waals surface area contributed by atoms with Crippen LogP contribution in [0.4, 0.5) is 5.69 Å². The van der Waals surface area contributed by atoms with E-state index in [1.807, 2.05) is 6.26 Å². The molecule has 0 aliphatic carbocycles. The van der Waals surface area contributed by atoms with Crippen LogP contribution in [0.15, 0.2) is 41.5 Å². The summed E-state index contributed by atoms with van der Waals surface area (Å²) in [6, 6.07) is 6.36. The maximum Gasteiger partial charge on any atom is 0.117 e. The topological polar surface area (TPSA) is 37.8 Å². The summed E-state index contributed by atoms with van der Waals surface area (Å²) in [6.07, 6.45) is 3.65. The molecule has 5 heteroatoms. The van der Waals surface area contributed by atoms with E-state index in [2.05, 4.69) is 59.3 Å². The van der Waals surface area contributed by atoms with E-state index < -0.39 is 0 Å². The Kier molecular flexibility index (Phi) is 4.18. The van der Waals surface area contributed by atoms with Crippen molar-refractivity contribution in [3.63, 3.8) is 0 Å². The molecule has 0 atom stereocenters. The smallest absolute Gasteiger partial charge is 0.117 e. The van der Waals surface area contributed by atoms with Crippen molar-refractivity contribution in [2.45, 2.75) is 18.9 Å². The van der Waals surface area contributed by atoms with Crippen molar-refractivity contribution in [3.05, 3.63) is 53.2 Å². The van der Waals surface area contributed by atoms with Crippen LogP contribution in [-0.2, 0) is 0 Å². The molecule has 0 unspecified atom stereocenters. The monoisotopic (exact) mass is 327 g/mol. The lowest BCUT2D eigenvalue weighted by molar-refractivity contribution is 1.11. The molecule has 22 heavy (non-hydrogen) atoms. The molecule has 3 nitrogen and oxygen atoms in total. The standard InChI is InChI=1S/C17H17N3S2/c1-10-5-6-11(2)14(7-10)20-12(3)13-8-22-16-15(13)18-9-19-17(16)21-4/h5-9,20H,3H2,1-2,4H3. The number of thiophene rings is 1. The van der Waals surface area contributed by atoms with E-state index >= 15 is 0 Å². The average Bonchev–Trinajstić information content (AvgIpc) is 2.95. The van der Waals surface area contributed by atoms with Gasteiger partial charge in [-0.15, -0.1) is 23.1 Å². The predicted molar refractivity (Wildman–Crippen MR) is 97.8 cm³/mol. The van der Waals surface area contributed by atoms with Crippen molar-refractivity contribution in [1.29, 1.82) is 0 Å². The van der Waals surface area contributed by atoms with Crippen LogP contribution in [0.5, 0.6) is 0 Å². The fourth-order valence-electron chi connectivity index (χ4n) is 2.29. The van der Waals surface area contributed by atoms with Gasteiger partial charge in [-0.3, -0.25) is 0 Å². The minimum Gasteiger partial charge on any atom is -0.355 e. The summed E-state index contributed by atoms with van der Waals surface area (Å²) < 4.78 is 1.12. The quantitative estimate of drug-likeness (QED) is 0.533. The highest BCUT2D eigenvalue weighted by molar-refractivity contribution is 7.98. The molecule has 112 valence electrons. The van der Waals surface area contributed by atoms with E-state index in [4.69, 9.17) is 0 Å². The van der Waals surface area contributed by atoms with Crippen LogP contribution in [0, 0.1) is 13.8 Å². The van der Waals surface area contributed by atoms with Crippen LogP contribution in [0.3, 0.4) is 0 Å². The van der Waals surface area contributed by atoms with Crippen molar-refractivity contribution in [2.24, 2.45) is 0 Å². The number of hydrogen-bond acceptors (Lipinski definition) is 5. The molecule has 1 N–H and O–H groups in total. The number of nitrogens with one attached hydrogen (secondary N) is 1. The highest BCUT2D eigenvalue weighted by Crippen LogP contribution is 2.34. The number of anilines is 1. The molecular weight excluding hydrogens is 310 g/mol. The lowest BCUT2D eigenvalue weighted by Crippen LogP contribution is -1.99. The third-order valence-electron chi connectivity index (χ3n) is 3.52. The van der Waals surface area contributed by atoms with Gasteiger partial charge in [-0.1, -0.05) is 18.7 Å². The molecule has 2 heterocycles. The largest absolute Gasteiger partial charge is 0.355 e. The Morgan fingerprint density at radius 3 is 2.86 bits per heavy atom. The summed E-state index contributed by atoms with van der Waals surface area (Å²) >= 11 is 3.31. The molecule has 0 spiro atoms. The Labute approximate surface area is 138 Å². The SMILES string of the molecule is C=C(Nc1cc(C)ccc1C)c1csc2c(SC)ncnc12. The van der Waals surface area contributed by atoms with Gasteiger partial charge in [0.15, 0.2) is 0 Å². The van der Waals surface area contributed by atoms with E-state index in [-0.39, 0.29) is 0 Å². The predicted octanol–water partition coefficient (Wildman–Crippen LogP) is 5.11. The number of aromatic nitrogens is 2. The van der Waals surface area contributed by atoms with Gasteiger partial charge in [0.1, 0.15) is 11.4 Å². The van der Waals surface area contributed by atoms with E-state index in [0.717, 1.165) is 32.2 Å². The average molecular weight is 327 g/mol. The molecule has 3 rings (SSSR count). The first-order chi connectivity index (χ1) is 10.6.